The Hall–Kier alpha value is -7.28. The van der Waals surface area contributed by atoms with E-state index in [4.69, 9.17) is 11.6 Å². The zero-order valence-corrected chi connectivity index (χ0v) is 54.1. The number of Topliss-reactive ketones (excluding diaryl/α,β-unsaturated/α-hetero) is 4. The summed E-state index contributed by atoms with van der Waals surface area (Å²) >= 11 is 6.26. The lowest BCUT2D eigenvalue weighted by atomic mass is 9.87. The van der Waals surface area contributed by atoms with Gasteiger partial charge in [0.2, 0.25) is 29.5 Å². The third kappa shape index (κ3) is 23.7. The molecule has 30 heteroatoms. The van der Waals surface area contributed by atoms with Gasteiger partial charge in [0.05, 0.1) is 79.3 Å². The third-order valence-electron chi connectivity index (χ3n) is 16.2. The number of ketones is 4. The molecule has 3 aliphatic heterocycles. The molecule has 10 N–H and O–H groups in total. The molecule has 4 heterocycles. The van der Waals surface area contributed by atoms with Crippen molar-refractivity contribution in [3.63, 3.8) is 0 Å². The first kappa shape index (κ1) is 73.8. The Morgan fingerprint density at radius 3 is 1.97 bits per heavy atom. The molecule has 2 aromatic carbocycles. The van der Waals surface area contributed by atoms with Crippen molar-refractivity contribution in [2.24, 2.45) is 23.7 Å². The number of carboxylic acids is 3. The number of aliphatic hydroxyl groups excluding tert-OH is 1. The molecule has 6 rings (SSSR count). The van der Waals surface area contributed by atoms with Crippen molar-refractivity contribution in [2.75, 3.05) is 77.0 Å². The largest absolute Gasteiger partial charge is 0.506 e. The molecule has 27 nitrogen and oxygen atoms in total. The highest BCUT2D eigenvalue weighted by atomic mass is 35.5. The van der Waals surface area contributed by atoms with Gasteiger partial charge in [0.1, 0.15) is 11.8 Å². The zero-order chi connectivity index (χ0) is 67.2. The van der Waals surface area contributed by atoms with Gasteiger partial charge >= 0.3 is 17.9 Å². The molecule has 3 saturated heterocycles. The van der Waals surface area contributed by atoms with Gasteiger partial charge in [-0.3, -0.25) is 72.2 Å². The fraction of sp³-hybridized carbons (Fsp3) is 0.565. The van der Waals surface area contributed by atoms with E-state index < -0.39 is 151 Å². The summed E-state index contributed by atoms with van der Waals surface area (Å²) in [5.41, 5.74) is 1.34. The number of phenolic OH excluding ortho intramolecular Hbond substituents is 1. The number of halogens is 1. The maximum absolute atomic E-state index is 15.3. The number of nitrogens with zero attached hydrogens (tertiary/aromatic N) is 5. The van der Waals surface area contributed by atoms with Crippen molar-refractivity contribution in [3.8, 4) is 5.75 Å². The van der Waals surface area contributed by atoms with E-state index >= 15 is 9.59 Å². The maximum Gasteiger partial charge on any atom is 0.317 e. The first-order valence-electron chi connectivity index (χ1n) is 30.6. The van der Waals surface area contributed by atoms with Crippen molar-refractivity contribution in [1.82, 2.24) is 50.8 Å². The van der Waals surface area contributed by atoms with Gasteiger partial charge in [0, 0.05) is 114 Å². The monoisotopic (exact) mass is 1340 g/mol. The van der Waals surface area contributed by atoms with Gasteiger partial charge in [-0.15, -0.1) is 0 Å². The number of carboxylic acid groups (broad SMARTS) is 3. The number of amides is 5. The molecule has 3 fully saturated rings. The minimum Gasteiger partial charge on any atom is -0.506 e. The molecule has 9 atom stereocenters. The number of aromatic nitrogens is 2. The summed E-state index contributed by atoms with van der Waals surface area (Å²) in [4.78, 5) is 180. The number of imidazole rings is 1. The number of phenols is 1. The number of benzene rings is 2. The van der Waals surface area contributed by atoms with Crippen LogP contribution in [0.1, 0.15) is 82.5 Å². The number of aromatic amines is 1. The fourth-order valence-electron chi connectivity index (χ4n) is 11.4. The number of carbonyl (C=O) groups is 12. The Labute approximate surface area is 545 Å². The summed E-state index contributed by atoms with van der Waals surface area (Å²) in [5.74, 6) is -14.6. The van der Waals surface area contributed by atoms with Crippen LogP contribution < -0.4 is 21.3 Å². The highest BCUT2D eigenvalue weighted by molar-refractivity contribution is 8.76. The first-order chi connectivity index (χ1) is 43.7. The molecule has 92 heavy (non-hydrogen) atoms. The van der Waals surface area contributed by atoms with E-state index in [1.165, 1.54) is 30.7 Å². The van der Waals surface area contributed by atoms with Crippen LogP contribution in [0.3, 0.4) is 0 Å². The van der Waals surface area contributed by atoms with Crippen LogP contribution in [0, 0.1) is 23.7 Å². The standard InChI is InChI=1S/C62H83ClN10O17S2/c1-4-50(75)47-33-91-92-34-48(62(90)73-29-43(74)26-49(73)54(79)25-40(19-38-10-11-51(76)44(63)20-38)60(88)67-46(27-56(81)82)53(78)23-39(18-36(2)3)59(87)68-47)69-61(89)41(22-42-28-64-35-65-42)24-52(77)45(21-37-8-6-5-7-9-37)66-55(80)30-70-12-14-71(31-57(83)84)16-17-72(15-13-70)32-58(85)86/h5-11,20,28,35-36,39-41,43,45-49,74,76H,4,12-19,21-27,29-34H2,1-3H3,(H,64,65)(H,66,80)(H,67,88)(H,68,87)(H,69,89)(H,81,82)(H,83,84)(H,85,86)/t39-,40-,41-,43-,45+,46+,47+,48+,49+/m1/s1. The van der Waals surface area contributed by atoms with E-state index in [0.29, 0.717) is 16.8 Å². The number of nitrogens with one attached hydrogen (secondary N) is 5. The average Bonchev–Trinajstić information content (AvgIpc) is 1.77. The van der Waals surface area contributed by atoms with Crippen molar-refractivity contribution in [3.05, 3.63) is 82.9 Å². The normalized spacial score (nSPS) is 23.2. The zero-order valence-electron chi connectivity index (χ0n) is 51.7. The second-order valence-electron chi connectivity index (χ2n) is 24.0. The van der Waals surface area contributed by atoms with Crippen molar-refractivity contribution in [1.29, 1.82) is 0 Å². The molecular formula is C62H83ClN10O17S2. The Morgan fingerprint density at radius 2 is 1.38 bits per heavy atom. The molecule has 0 bridgehead atoms. The number of fused-ring (bicyclic) bond motifs is 1. The molecule has 5 amide bonds. The summed E-state index contributed by atoms with van der Waals surface area (Å²) in [5, 5.41) is 61.5. The van der Waals surface area contributed by atoms with E-state index in [1.807, 2.05) is 0 Å². The van der Waals surface area contributed by atoms with Crippen molar-refractivity contribution in [2.45, 2.75) is 121 Å². The Kier molecular flexibility index (Phi) is 29.1. The topological polar surface area (TPSA) is 396 Å². The molecule has 0 radical (unpaired) electrons. The molecule has 502 valence electrons. The van der Waals surface area contributed by atoms with Crippen LogP contribution in [0.15, 0.2) is 61.1 Å². The molecule has 0 spiro atoms. The van der Waals surface area contributed by atoms with E-state index in [9.17, 15) is 73.5 Å². The van der Waals surface area contributed by atoms with Crippen LogP contribution in [0.4, 0.5) is 0 Å². The summed E-state index contributed by atoms with van der Waals surface area (Å²) in [6.45, 7) is 5.36. The number of aromatic hydroxyl groups is 1. The van der Waals surface area contributed by atoms with E-state index in [1.54, 1.807) is 65.8 Å². The van der Waals surface area contributed by atoms with Gasteiger partial charge in [-0.2, -0.15) is 0 Å². The molecule has 0 unspecified atom stereocenters. The summed E-state index contributed by atoms with van der Waals surface area (Å²) in [6, 6.07) is 5.83. The second-order valence-corrected chi connectivity index (χ2v) is 26.9. The first-order valence-corrected chi connectivity index (χ1v) is 33.5. The number of aliphatic carboxylic acids is 3. The van der Waals surface area contributed by atoms with Crippen LogP contribution in [-0.2, 0) is 76.8 Å². The minimum atomic E-state index is -1.70. The molecular weight excluding hydrogens is 1260 g/mol. The van der Waals surface area contributed by atoms with Crippen LogP contribution in [0.2, 0.25) is 5.02 Å². The van der Waals surface area contributed by atoms with Crippen LogP contribution >= 0.6 is 33.2 Å². The van der Waals surface area contributed by atoms with Crippen LogP contribution in [-0.4, -0.2) is 239 Å². The maximum atomic E-state index is 15.3. The highest BCUT2D eigenvalue weighted by Gasteiger charge is 2.44. The summed E-state index contributed by atoms with van der Waals surface area (Å²) in [7, 11) is 2.10. The van der Waals surface area contributed by atoms with E-state index in [2.05, 4.69) is 31.2 Å². The SMILES string of the molecule is CCC(=O)[C@@H]1CSSC[C@H](NC(=O)[C@@H](CC(=O)[C@H](Cc2ccccc2)NC(=O)CN2CCN(CC(=O)O)CCN(CC(=O)O)CC2)Cc2c[nH]cn2)C(=O)N2C[C@H](O)C[C@H]2C(=O)C[C@@H](Cc2ccc(O)c(Cl)c2)C(=O)N[C@@H](CC(=O)O)C(=O)C[C@@H](CC(C)C)C(=O)N1. The van der Waals surface area contributed by atoms with Gasteiger partial charge in [-0.05, 0) is 48.4 Å². The van der Waals surface area contributed by atoms with E-state index in [0.717, 1.165) is 26.5 Å². The molecule has 1 aromatic heterocycles. The minimum absolute atomic E-state index is 0.0186. The van der Waals surface area contributed by atoms with Crippen molar-refractivity contribution < 1.29 is 83.1 Å². The Morgan fingerprint density at radius 1 is 0.761 bits per heavy atom. The van der Waals surface area contributed by atoms with Gasteiger partial charge < -0.3 is 56.7 Å². The quantitative estimate of drug-likeness (QED) is 0.0567. The highest BCUT2D eigenvalue weighted by Crippen LogP contribution is 2.31. The number of carbonyl (C=O) groups excluding carboxylic acids is 9. The molecule has 3 aromatic rings. The number of aliphatic hydroxyl groups is 1. The predicted octanol–water partition coefficient (Wildman–Crippen LogP) is 1.41. The number of H-pyrrole nitrogens is 1. The van der Waals surface area contributed by atoms with Gasteiger partial charge in [-0.1, -0.05) is 90.4 Å². The molecule has 0 saturated carbocycles. The van der Waals surface area contributed by atoms with Crippen molar-refractivity contribution >= 4 is 104 Å². The fourth-order valence-corrected chi connectivity index (χ4v) is 14.0. The predicted molar refractivity (Wildman–Crippen MR) is 339 cm³/mol. The van der Waals surface area contributed by atoms with Gasteiger partial charge in [0.25, 0.3) is 0 Å². The molecule has 0 aliphatic carbocycles. The number of hydrogen-bond donors (Lipinski definition) is 10. The Balaban J connectivity index is 1.33. The summed E-state index contributed by atoms with van der Waals surface area (Å²) in [6.07, 6.45) is -1.66. The van der Waals surface area contributed by atoms with Crippen LogP contribution in [0.5, 0.6) is 5.75 Å². The average molecular weight is 1340 g/mol. The lowest BCUT2D eigenvalue weighted by molar-refractivity contribution is -0.142. The number of hydrogen-bond acceptors (Lipinski definition) is 20. The molecule has 3 aliphatic rings. The van der Waals surface area contributed by atoms with E-state index in [-0.39, 0.29) is 131 Å². The smallest absolute Gasteiger partial charge is 0.317 e. The van der Waals surface area contributed by atoms with Crippen LogP contribution in [0.25, 0.3) is 0 Å². The van der Waals surface area contributed by atoms with Gasteiger partial charge in [-0.25, -0.2) is 4.98 Å². The number of rotatable bonds is 24. The third-order valence-corrected chi connectivity index (χ3v) is 19.0. The second kappa shape index (κ2) is 36.2. The summed E-state index contributed by atoms with van der Waals surface area (Å²) < 4.78 is 0. The Bertz CT molecular complexity index is 3060. The lowest BCUT2D eigenvalue weighted by Crippen LogP contribution is -2.55. The lowest BCUT2D eigenvalue weighted by Gasteiger charge is -2.30. The van der Waals surface area contributed by atoms with Gasteiger partial charge in [0.15, 0.2) is 23.1 Å².